The van der Waals surface area contributed by atoms with Crippen LogP contribution in [0.15, 0.2) is 28.0 Å². The number of imidazole rings is 1. The zero-order chi connectivity index (χ0) is 17.8. The molecule has 0 fully saturated rings. The molecule has 0 aromatic carbocycles. The summed E-state index contributed by atoms with van der Waals surface area (Å²) in [6, 6.07) is 2.13. The average Bonchev–Trinajstić information content (AvgIpc) is 3.27. The van der Waals surface area contributed by atoms with E-state index in [2.05, 4.69) is 45.2 Å². The number of rotatable bonds is 8. The Morgan fingerprint density at radius 2 is 2.28 bits per heavy atom. The number of hydrogen-bond donors (Lipinski definition) is 2. The number of anilines is 1. The number of amidine groups is 1. The van der Waals surface area contributed by atoms with Crippen LogP contribution in [0.4, 0.5) is 5.82 Å². The Morgan fingerprint density at radius 1 is 1.44 bits per heavy atom. The summed E-state index contributed by atoms with van der Waals surface area (Å²) in [6.45, 7) is 9.53. The smallest absolute Gasteiger partial charge is 0.202 e. The highest BCUT2D eigenvalue weighted by molar-refractivity contribution is 7.10. The summed E-state index contributed by atoms with van der Waals surface area (Å²) in [5.74, 6) is 1.73. The maximum atomic E-state index is 5.93. The van der Waals surface area contributed by atoms with Gasteiger partial charge in [-0.25, -0.2) is 9.98 Å². The number of nitrogens with zero attached hydrogens (tertiary/aromatic N) is 3. The van der Waals surface area contributed by atoms with Crippen LogP contribution in [0.2, 0.25) is 5.28 Å². The molecule has 0 atom stereocenters. The summed E-state index contributed by atoms with van der Waals surface area (Å²) in [4.78, 5) is 17.8. The number of hydrogen-bond acceptors (Lipinski definition) is 5. The lowest BCUT2D eigenvalue weighted by atomic mass is 10.1. The number of aryl methyl sites for hydroxylation is 1. The fourth-order valence-electron chi connectivity index (χ4n) is 2.75. The number of halogens is 1. The van der Waals surface area contributed by atoms with E-state index in [0.29, 0.717) is 11.8 Å². The molecule has 5 nitrogen and oxygen atoms in total. The molecule has 0 saturated carbocycles. The molecule has 3 rings (SSSR count). The largest absolute Gasteiger partial charge is 0.368 e. The fourth-order valence-corrected chi connectivity index (χ4v) is 3.65. The molecule has 0 unspecified atom stereocenters. The van der Waals surface area contributed by atoms with Crippen LogP contribution in [-0.4, -0.2) is 34.6 Å². The third kappa shape index (κ3) is 4.38. The number of nitrogens with one attached hydrogen (secondary N) is 2. The molecule has 0 aliphatic carbocycles. The lowest BCUT2D eigenvalue weighted by Gasteiger charge is -2.05. The molecule has 7 heteroatoms. The first-order valence-electron chi connectivity index (χ1n) is 8.35. The second kappa shape index (κ2) is 7.97. The van der Waals surface area contributed by atoms with E-state index < -0.39 is 0 Å². The van der Waals surface area contributed by atoms with E-state index >= 15 is 0 Å². The van der Waals surface area contributed by atoms with Crippen molar-refractivity contribution in [3.8, 4) is 0 Å². The topological polar surface area (TPSA) is 65.4 Å². The fraction of sp³-hybridized carbons (Fsp3) is 0.389. The maximum Gasteiger partial charge on any atom is 0.202 e. The predicted octanol–water partition coefficient (Wildman–Crippen LogP) is 4.95. The van der Waals surface area contributed by atoms with Crippen molar-refractivity contribution < 1.29 is 0 Å². The van der Waals surface area contributed by atoms with Gasteiger partial charge in [0.05, 0.1) is 18.0 Å². The number of H-pyrrole nitrogens is 1. The third-order valence-electron chi connectivity index (χ3n) is 4.07. The van der Waals surface area contributed by atoms with Crippen molar-refractivity contribution in [1.29, 1.82) is 0 Å². The Balaban J connectivity index is 1.43. The van der Waals surface area contributed by atoms with Crippen molar-refractivity contribution in [3.05, 3.63) is 39.4 Å². The first kappa shape index (κ1) is 17.9. The maximum absolute atomic E-state index is 5.93. The van der Waals surface area contributed by atoms with Crippen LogP contribution in [-0.2, 0) is 0 Å². The molecular formula is C18H22ClN5S. The first-order chi connectivity index (χ1) is 12.0. The lowest BCUT2D eigenvalue weighted by Crippen LogP contribution is -2.04. The molecule has 1 aliphatic rings. The van der Waals surface area contributed by atoms with Crippen LogP contribution in [0, 0.1) is 6.92 Å². The Morgan fingerprint density at radius 3 is 3.00 bits per heavy atom. The number of aromatic nitrogens is 2. The zero-order valence-corrected chi connectivity index (χ0v) is 16.1. The molecule has 132 valence electrons. The second-order valence-electron chi connectivity index (χ2n) is 6.10. The molecule has 3 heterocycles. The van der Waals surface area contributed by atoms with Gasteiger partial charge in [0, 0.05) is 23.4 Å². The van der Waals surface area contributed by atoms with E-state index in [4.69, 9.17) is 16.6 Å². The predicted molar refractivity (Wildman–Crippen MR) is 109 cm³/mol. The number of unbranched alkanes of at least 4 members (excludes halogenated alkanes) is 1. The van der Waals surface area contributed by atoms with Crippen molar-refractivity contribution in [2.24, 2.45) is 9.98 Å². The molecule has 0 spiro atoms. The van der Waals surface area contributed by atoms with Gasteiger partial charge in [-0.15, -0.1) is 11.3 Å². The molecule has 0 amide bonds. The average molecular weight is 376 g/mol. The summed E-state index contributed by atoms with van der Waals surface area (Å²) in [6.07, 6.45) is 2.95. The van der Waals surface area contributed by atoms with Crippen LogP contribution in [0.25, 0.3) is 5.57 Å². The van der Waals surface area contributed by atoms with Crippen LogP contribution in [0.1, 0.15) is 42.3 Å². The van der Waals surface area contributed by atoms with Crippen LogP contribution in [0.5, 0.6) is 0 Å². The summed E-state index contributed by atoms with van der Waals surface area (Å²) < 4.78 is 0. The van der Waals surface area contributed by atoms with E-state index in [1.165, 1.54) is 10.4 Å². The molecule has 2 aromatic heterocycles. The van der Waals surface area contributed by atoms with E-state index in [9.17, 15) is 0 Å². The van der Waals surface area contributed by atoms with Gasteiger partial charge in [0.25, 0.3) is 0 Å². The quantitative estimate of drug-likeness (QED) is 0.641. The van der Waals surface area contributed by atoms with Crippen LogP contribution in [0.3, 0.4) is 0 Å². The molecule has 0 saturated heterocycles. The van der Waals surface area contributed by atoms with Crippen molar-refractivity contribution in [2.45, 2.75) is 33.1 Å². The minimum absolute atomic E-state index is 0.381. The van der Waals surface area contributed by atoms with Gasteiger partial charge in [-0.1, -0.05) is 6.58 Å². The summed E-state index contributed by atoms with van der Waals surface area (Å²) in [5, 5.41) is 5.81. The number of aromatic amines is 1. The van der Waals surface area contributed by atoms with Crippen LogP contribution >= 0.6 is 22.9 Å². The standard InChI is InChI=1S/C18H22ClN5S/c1-11(2)16-17(24-18(19)23-16)20-8-5-4-6-15-21-10-14(22-15)13-7-9-25-12(13)3/h7,9,20H,1,4-6,8,10H2,2-3H3,(H,23,24). The Labute approximate surface area is 157 Å². The molecule has 25 heavy (non-hydrogen) atoms. The Bertz CT molecular complexity index is 830. The molecule has 0 radical (unpaired) electrons. The molecule has 1 aliphatic heterocycles. The Kier molecular flexibility index (Phi) is 5.71. The molecular weight excluding hydrogens is 354 g/mol. The zero-order valence-electron chi connectivity index (χ0n) is 14.5. The van der Waals surface area contributed by atoms with E-state index in [-0.39, 0.29) is 0 Å². The second-order valence-corrected chi connectivity index (χ2v) is 7.58. The molecule has 2 N–H and O–H groups in total. The van der Waals surface area contributed by atoms with Crippen molar-refractivity contribution in [3.63, 3.8) is 0 Å². The van der Waals surface area contributed by atoms with Crippen molar-refractivity contribution in [2.75, 3.05) is 18.4 Å². The Hall–Kier alpha value is -1.92. The van der Waals surface area contributed by atoms with E-state index in [1.807, 2.05) is 6.92 Å². The highest BCUT2D eigenvalue weighted by Crippen LogP contribution is 2.22. The number of aliphatic imine (C=N–C) groups is 2. The molecule has 0 bridgehead atoms. The summed E-state index contributed by atoms with van der Waals surface area (Å²) >= 11 is 7.68. The summed E-state index contributed by atoms with van der Waals surface area (Å²) in [7, 11) is 0. The van der Waals surface area contributed by atoms with E-state index in [1.54, 1.807) is 11.3 Å². The minimum atomic E-state index is 0.381. The SMILES string of the molecule is C=C(C)c1[nH]c(Cl)nc1NCCCCC1=NCC(c2ccsc2C)=N1. The van der Waals surface area contributed by atoms with Gasteiger partial charge in [-0.05, 0) is 55.3 Å². The van der Waals surface area contributed by atoms with Gasteiger partial charge in [-0.2, -0.15) is 0 Å². The van der Waals surface area contributed by atoms with Gasteiger partial charge in [0.15, 0.2) is 5.82 Å². The van der Waals surface area contributed by atoms with Gasteiger partial charge in [0.1, 0.15) is 5.84 Å². The van der Waals surface area contributed by atoms with Crippen molar-refractivity contribution in [1.82, 2.24) is 9.97 Å². The van der Waals surface area contributed by atoms with Gasteiger partial charge < -0.3 is 10.3 Å². The van der Waals surface area contributed by atoms with Crippen molar-refractivity contribution >= 4 is 45.9 Å². The summed E-state index contributed by atoms with van der Waals surface area (Å²) in [5.41, 5.74) is 4.12. The highest BCUT2D eigenvalue weighted by atomic mass is 35.5. The monoisotopic (exact) mass is 375 g/mol. The number of thiophene rings is 1. The highest BCUT2D eigenvalue weighted by Gasteiger charge is 2.14. The normalized spacial score (nSPS) is 13.7. The van der Waals surface area contributed by atoms with Crippen LogP contribution < -0.4 is 5.32 Å². The van der Waals surface area contributed by atoms with Gasteiger partial charge in [-0.3, -0.25) is 4.99 Å². The molecule has 2 aromatic rings. The third-order valence-corrected chi connectivity index (χ3v) is 5.09. The number of allylic oxidation sites excluding steroid dienone is 1. The first-order valence-corrected chi connectivity index (χ1v) is 9.61. The lowest BCUT2D eigenvalue weighted by molar-refractivity contribution is 0.790. The van der Waals surface area contributed by atoms with Gasteiger partial charge in [0.2, 0.25) is 5.28 Å². The van der Waals surface area contributed by atoms with E-state index in [0.717, 1.165) is 54.4 Å². The minimum Gasteiger partial charge on any atom is -0.368 e. The van der Waals surface area contributed by atoms with Gasteiger partial charge >= 0.3 is 0 Å².